The summed E-state index contributed by atoms with van der Waals surface area (Å²) < 4.78 is 15.6. The van der Waals surface area contributed by atoms with Gasteiger partial charge < -0.3 is 19.5 Å². The molecule has 2 rings (SSSR count). The van der Waals surface area contributed by atoms with Crippen LogP contribution in [0.3, 0.4) is 0 Å². The summed E-state index contributed by atoms with van der Waals surface area (Å²) in [6.45, 7) is 6.11. The second-order valence-corrected chi connectivity index (χ2v) is 7.30. The molecule has 1 heterocycles. The van der Waals surface area contributed by atoms with Crippen molar-refractivity contribution in [3.63, 3.8) is 0 Å². The lowest BCUT2D eigenvalue weighted by atomic mass is 9.92. The number of carbonyl (C=O) groups is 3. The van der Waals surface area contributed by atoms with Gasteiger partial charge in [0.25, 0.3) is 6.47 Å². The minimum Gasteiger partial charge on any atom is -0.465 e. The zero-order chi connectivity index (χ0) is 20.5. The predicted molar refractivity (Wildman–Crippen MR) is 103 cm³/mol. The van der Waals surface area contributed by atoms with Crippen LogP contribution in [0.4, 0.5) is 0 Å². The Balaban J connectivity index is 2.05. The van der Waals surface area contributed by atoms with Crippen molar-refractivity contribution < 1.29 is 28.6 Å². The summed E-state index contributed by atoms with van der Waals surface area (Å²) in [6.07, 6.45) is 9.06. The van der Waals surface area contributed by atoms with Gasteiger partial charge in [-0.25, -0.2) is 4.79 Å². The van der Waals surface area contributed by atoms with Crippen LogP contribution in [0.5, 0.6) is 0 Å². The number of cyclic esters (lactones) is 1. The van der Waals surface area contributed by atoms with Crippen molar-refractivity contribution in [1.82, 2.24) is 5.32 Å². The van der Waals surface area contributed by atoms with E-state index in [0.29, 0.717) is 30.8 Å². The first-order valence-electron chi connectivity index (χ1n) is 9.78. The molecule has 0 aromatic heterocycles. The summed E-state index contributed by atoms with van der Waals surface area (Å²) in [6, 6.07) is 0.0468. The molecule has 7 heteroatoms. The van der Waals surface area contributed by atoms with Crippen LogP contribution >= 0.6 is 0 Å². The van der Waals surface area contributed by atoms with E-state index in [1.54, 1.807) is 32.1 Å². The Bertz CT molecular complexity index is 676. The van der Waals surface area contributed by atoms with Gasteiger partial charge in [0, 0.05) is 18.9 Å². The maximum Gasteiger partial charge on any atom is 0.354 e. The fraction of sp³-hybridized carbons (Fsp3) is 0.571. The number of allylic oxidation sites excluding steroid dienone is 3. The third-order valence-corrected chi connectivity index (χ3v) is 4.69. The van der Waals surface area contributed by atoms with E-state index in [9.17, 15) is 14.4 Å². The topological polar surface area (TPSA) is 90.9 Å². The van der Waals surface area contributed by atoms with Crippen LogP contribution in [0.1, 0.15) is 52.9 Å². The van der Waals surface area contributed by atoms with Crippen LogP contribution in [0, 0.1) is 5.92 Å². The zero-order valence-electron chi connectivity index (χ0n) is 16.7. The molecule has 154 valence electrons. The van der Waals surface area contributed by atoms with Crippen molar-refractivity contribution >= 4 is 18.4 Å². The molecule has 1 fully saturated rings. The fourth-order valence-corrected chi connectivity index (χ4v) is 3.08. The minimum atomic E-state index is -0.401. The fourth-order valence-electron chi connectivity index (χ4n) is 3.08. The number of esters is 2. The lowest BCUT2D eigenvalue weighted by Gasteiger charge is -2.30. The lowest BCUT2D eigenvalue weighted by molar-refractivity contribution is -0.143. The Kier molecular flexibility index (Phi) is 8.29. The molecule has 2 unspecified atom stereocenters. The quantitative estimate of drug-likeness (QED) is 0.294. The van der Waals surface area contributed by atoms with E-state index in [2.05, 4.69) is 5.32 Å². The minimum absolute atomic E-state index is 0.0468. The van der Waals surface area contributed by atoms with Gasteiger partial charge in [0.2, 0.25) is 0 Å². The average Bonchev–Trinajstić information content (AvgIpc) is 2.67. The number of rotatable bonds is 8. The highest BCUT2D eigenvalue weighted by atomic mass is 16.5. The summed E-state index contributed by atoms with van der Waals surface area (Å²) in [7, 11) is 0. The Hall–Kier alpha value is -2.57. The van der Waals surface area contributed by atoms with Crippen molar-refractivity contribution in [1.29, 1.82) is 0 Å². The molecule has 1 aliphatic carbocycles. The SMILES string of the molecule is CC/C(=C\C=C1\C=C(NC2CCCC(OC=O)C2)C(=O)OC1)OC(=O)C(C)C. The summed E-state index contributed by atoms with van der Waals surface area (Å²) in [5.74, 6) is -0.311. The number of hydrogen-bond donors (Lipinski definition) is 1. The number of ether oxygens (including phenoxy) is 3. The van der Waals surface area contributed by atoms with Gasteiger partial charge in [0.05, 0.1) is 5.92 Å². The van der Waals surface area contributed by atoms with E-state index in [-0.39, 0.29) is 30.6 Å². The maximum atomic E-state index is 12.1. The predicted octanol–water partition coefficient (Wildman–Crippen LogP) is 2.92. The van der Waals surface area contributed by atoms with E-state index in [4.69, 9.17) is 14.2 Å². The van der Waals surface area contributed by atoms with Crippen molar-refractivity contribution in [2.75, 3.05) is 6.61 Å². The molecule has 28 heavy (non-hydrogen) atoms. The van der Waals surface area contributed by atoms with E-state index >= 15 is 0 Å². The van der Waals surface area contributed by atoms with E-state index < -0.39 is 5.97 Å². The van der Waals surface area contributed by atoms with Gasteiger partial charge in [-0.2, -0.15) is 0 Å². The Labute approximate surface area is 165 Å². The first kappa shape index (κ1) is 21.7. The number of nitrogens with one attached hydrogen (secondary N) is 1. The molecular weight excluding hydrogens is 362 g/mol. The first-order chi connectivity index (χ1) is 13.4. The van der Waals surface area contributed by atoms with Crippen LogP contribution in [-0.2, 0) is 28.6 Å². The van der Waals surface area contributed by atoms with Gasteiger partial charge in [0.15, 0.2) is 0 Å². The zero-order valence-corrected chi connectivity index (χ0v) is 16.7. The largest absolute Gasteiger partial charge is 0.465 e. The molecule has 0 saturated heterocycles. The van der Waals surface area contributed by atoms with Crippen LogP contribution in [-0.4, -0.2) is 37.2 Å². The van der Waals surface area contributed by atoms with Gasteiger partial charge in [-0.3, -0.25) is 9.59 Å². The molecule has 0 aromatic rings. The molecule has 2 aliphatic rings. The molecule has 0 amide bonds. The Morgan fingerprint density at radius 3 is 2.86 bits per heavy atom. The summed E-state index contributed by atoms with van der Waals surface area (Å²) >= 11 is 0. The maximum absolute atomic E-state index is 12.1. The lowest BCUT2D eigenvalue weighted by Crippen LogP contribution is -2.39. The van der Waals surface area contributed by atoms with Crippen molar-refractivity contribution in [3.8, 4) is 0 Å². The molecular formula is C21H29NO6. The molecule has 0 spiro atoms. The van der Waals surface area contributed by atoms with Crippen LogP contribution < -0.4 is 5.32 Å². The standard InChI is InChI=1S/C21H29NO6/c1-4-17(28-20(24)14(2)3)9-8-15-10-19(21(25)26-12-15)22-16-6-5-7-18(11-16)27-13-23/h8-10,13-14,16,18,22H,4-7,11-12H2,1-3H3/b15-8-,17-9+. The summed E-state index contributed by atoms with van der Waals surface area (Å²) in [4.78, 5) is 34.4. The first-order valence-corrected chi connectivity index (χ1v) is 9.78. The van der Waals surface area contributed by atoms with Crippen molar-refractivity contribution in [2.45, 2.75) is 65.0 Å². The third-order valence-electron chi connectivity index (χ3n) is 4.69. The van der Waals surface area contributed by atoms with Gasteiger partial charge in [-0.1, -0.05) is 26.8 Å². The second kappa shape index (κ2) is 10.7. The van der Waals surface area contributed by atoms with E-state index in [1.165, 1.54) is 0 Å². The Morgan fingerprint density at radius 2 is 2.18 bits per heavy atom. The van der Waals surface area contributed by atoms with Crippen LogP contribution in [0.2, 0.25) is 0 Å². The molecule has 0 aromatic carbocycles. The average molecular weight is 391 g/mol. The molecule has 1 aliphatic heterocycles. The molecule has 0 bridgehead atoms. The van der Waals surface area contributed by atoms with Crippen LogP contribution in [0.25, 0.3) is 0 Å². The number of carbonyl (C=O) groups excluding carboxylic acids is 3. The molecule has 0 radical (unpaired) electrons. The Morgan fingerprint density at radius 1 is 1.39 bits per heavy atom. The van der Waals surface area contributed by atoms with Crippen molar-refractivity contribution in [3.05, 3.63) is 35.3 Å². The third kappa shape index (κ3) is 6.55. The number of hydrogen-bond acceptors (Lipinski definition) is 7. The molecule has 2 atom stereocenters. The second-order valence-electron chi connectivity index (χ2n) is 7.30. The summed E-state index contributed by atoms with van der Waals surface area (Å²) in [5, 5.41) is 3.22. The normalized spacial score (nSPS) is 24.4. The molecule has 1 N–H and O–H groups in total. The molecule has 1 saturated carbocycles. The monoisotopic (exact) mass is 391 g/mol. The van der Waals surface area contributed by atoms with Crippen molar-refractivity contribution in [2.24, 2.45) is 5.92 Å². The summed E-state index contributed by atoms with van der Waals surface area (Å²) in [5.41, 5.74) is 1.19. The van der Waals surface area contributed by atoms with Gasteiger partial charge >= 0.3 is 11.9 Å². The highest BCUT2D eigenvalue weighted by Crippen LogP contribution is 2.23. The van der Waals surface area contributed by atoms with Gasteiger partial charge in [0.1, 0.15) is 24.2 Å². The van der Waals surface area contributed by atoms with Gasteiger partial charge in [-0.15, -0.1) is 0 Å². The van der Waals surface area contributed by atoms with Gasteiger partial charge in [-0.05, 0) is 37.0 Å². The van der Waals surface area contributed by atoms with E-state index in [0.717, 1.165) is 24.8 Å². The molecule has 7 nitrogen and oxygen atoms in total. The smallest absolute Gasteiger partial charge is 0.354 e. The van der Waals surface area contributed by atoms with Crippen LogP contribution in [0.15, 0.2) is 35.3 Å². The highest BCUT2D eigenvalue weighted by molar-refractivity contribution is 5.89. The van der Waals surface area contributed by atoms with E-state index in [1.807, 2.05) is 6.92 Å². The highest BCUT2D eigenvalue weighted by Gasteiger charge is 2.26.